The van der Waals surface area contributed by atoms with Crippen LogP contribution in [0.3, 0.4) is 0 Å². The van der Waals surface area contributed by atoms with E-state index in [1.54, 1.807) is 42.5 Å². The van der Waals surface area contributed by atoms with Gasteiger partial charge in [0.2, 0.25) is 10.0 Å². The summed E-state index contributed by atoms with van der Waals surface area (Å²) in [5.74, 6) is 5.56. The predicted molar refractivity (Wildman–Crippen MR) is 139 cm³/mol. The summed E-state index contributed by atoms with van der Waals surface area (Å²) in [5, 5.41) is 9.17. The molecule has 0 amide bonds. The van der Waals surface area contributed by atoms with Crippen LogP contribution in [-0.2, 0) is 20.0 Å². The minimum Gasteiger partial charge on any atom is -0.207 e. The molecule has 0 saturated carbocycles. The fourth-order valence-corrected chi connectivity index (χ4v) is 5.72. The van der Waals surface area contributed by atoms with Crippen molar-refractivity contribution in [3.63, 3.8) is 0 Å². The van der Waals surface area contributed by atoms with E-state index in [9.17, 15) is 22.1 Å². The summed E-state index contributed by atoms with van der Waals surface area (Å²) in [5.41, 5.74) is 2.24. The second-order valence-corrected chi connectivity index (χ2v) is 11.5. The van der Waals surface area contributed by atoms with Gasteiger partial charge in [-0.1, -0.05) is 65.8 Å². The van der Waals surface area contributed by atoms with Crippen LogP contribution in [0.1, 0.15) is 16.7 Å². The van der Waals surface area contributed by atoms with Crippen molar-refractivity contribution < 1.29 is 16.8 Å². The molecular weight excluding hydrogens is 494 g/mol. The van der Waals surface area contributed by atoms with E-state index in [0.717, 1.165) is 19.7 Å². The Balaban J connectivity index is 1.95. The second kappa shape index (κ2) is 11.1. The number of nitriles is 1. The minimum absolute atomic E-state index is 0.0261. The highest BCUT2D eigenvalue weighted by Crippen LogP contribution is 2.26. The molecule has 0 heterocycles. The highest BCUT2D eigenvalue weighted by Gasteiger charge is 2.26. The molecule has 9 heteroatoms. The van der Waals surface area contributed by atoms with E-state index in [0.29, 0.717) is 0 Å². The van der Waals surface area contributed by atoms with Gasteiger partial charge in [-0.3, -0.25) is 0 Å². The van der Waals surface area contributed by atoms with Crippen LogP contribution >= 0.6 is 0 Å². The average Bonchev–Trinajstić information content (AvgIpc) is 2.85. The van der Waals surface area contributed by atoms with E-state index in [1.807, 2.05) is 19.9 Å². The number of hydrogen-bond donors (Lipinski definition) is 0. The van der Waals surface area contributed by atoms with E-state index >= 15 is 0 Å². The molecule has 7 nitrogen and oxygen atoms in total. The molecule has 3 aromatic rings. The quantitative estimate of drug-likeness (QED) is 0.271. The third kappa shape index (κ3) is 5.76. The average molecular weight is 518 g/mol. The first-order valence-corrected chi connectivity index (χ1v) is 13.6. The first-order chi connectivity index (χ1) is 17.1. The Hall–Kier alpha value is -4.07. The van der Waals surface area contributed by atoms with Gasteiger partial charge in [0.25, 0.3) is 10.0 Å². The van der Waals surface area contributed by atoms with Gasteiger partial charge in [-0.2, -0.15) is 13.9 Å². The summed E-state index contributed by atoms with van der Waals surface area (Å²) in [6.07, 6.45) is 5.60. The maximum absolute atomic E-state index is 13.2. The molecule has 0 radical (unpaired) electrons. The van der Waals surface area contributed by atoms with Gasteiger partial charge in [0.05, 0.1) is 33.7 Å². The van der Waals surface area contributed by atoms with Crippen LogP contribution in [-0.4, -0.2) is 34.2 Å². The van der Waals surface area contributed by atoms with E-state index in [4.69, 9.17) is 6.42 Å². The van der Waals surface area contributed by atoms with Crippen LogP contribution in [0.2, 0.25) is 0 Å². The Morgan fingerprint density at radius 1 is 0.778 bits per heavy atom. The van der Waals surface area contributed by atoms with Crippen LogP contribution in [0.25, 0.3) is 0 Å². The molecule has 0 atom stereocenters. The first-order valence-electron chi connectivity index (χ1n) is 10.7. The van der Waals surface area contributed by atoms with Crippen molar-refractivity contribution in [2.24, 2.45) is 0 Å². The SMILES string of the molecule is C#CN(c1ccccc1C#CCN(CC#N)S(=O)(=O)c1ccc(C)cc1)S(=O)(=O)c1ccc(C)cc1. The van der Waals surface area contributed by atoms with Crippen LogP contribution in [0.4, 0.5) is 5.69 Å². The highest BCUT2D eigenvalue weighted by atomic mass is 32.2. The third-order valence-electron chi connectivity index (χ3n) is 5.18. The molecule has 3 rings (SSSR count). The lowest BCUT2D eigenvalue weighted by Gasteiger charge is -2.19. The largest absolute Gasteiger partial charge is 0.275 e. The molecule has 36 heavy (non-hydrogen) atoms. The molecule has 0 unspecified atom stereocenters. The molecule has 0 N–H and O–H groups in total. The first kappa shape index (κ1) is 26.5. The fourth-order valence-electron chi connectivity index (χ4n) is 3.23. The lowest BCUT2D eigenvalue weighted by atomic mass is 10.2. The van der Waals surface area contributed by atoms with Crippen molar-refractivity contribution in [2.45, 2.75) is 23.6 Å². The van der Waals surface area contributed by atoms with E-state index < -0.39 is 26.6 Å². The molecule has 0 aliphatic rings. The normalized spacial score (nSPS) is 11.1. The number of rotatable bonds is 7. The van der Waals surface area contributed by atoms with Crippen molar-refractivity contribution in [3.05, 3.63) is 89.5 Å². The van der Waals surface area contributed by atoms with Crippen LogP contribution < -0.4 is 4.31 Å². The number of anilines is 1. The molecule has 0 saturated heterocycles. The molecule has 182 valence electrons. The standard InChI is InChI=1S/C27H23N3O4S2/c1-4-30(36(33,34)26-17-13-23(3)14-18-26)27-10-6-5-8-24(27)9-7-20-29(21-19-28)35(31,32)25-15-11-22(2)12-16-25/h1,5-6,8,10-18H,20-21H2,2-3H3. The predicted octanol–water partition coefficient (Wildman–Crippen LogP) is 3.66. The number of sulfonamides is 2. The van der Waals surface area contributed by atoms with Crippen molar-refractivity contribution in [1.82, 2.24) is 4.31 Å². The van der Waals surface area contributed by atoms with Crippen LogP contribution in [0.15, 0.2) is 82.6 Å². The van der Waals surface area contributed by atoms with E-state index in [1.165, 1.54) is 30.3 Å². The van der Waals surface area contributed by atoms with Gasteiger partial charge < -0.3 is 0 Å². The molecule has 0 aliphatic heterocycles. The summed E-state index contributed by atoms with van der Waals surface area (Å²) < 4.78 is 54.2. The Labute approximate surface area is 212 Å². The summed E-state index contributed by atoms with van der Waals surface area (Å²) in [4.78, 5) is 0.0754. The van der Waals surface area contributed by atoms with Gasteiger partial charge in [-0.15, -0.1) is 0 Å². The van der Waals surface area contributed by atoms with Gasteiger partial charge in [0, 0.05) is 6.04 Å². The van der Waals surface area contributed by atoms with Crippen molar-refractivity contribution in [2.75, 3.05) is 17.4 Å². The Bertz CT molecular complexity index is 1600. The molecule has 0 aromatic heterocycles. The van der Waals surface area contributed by atoms with Crippen molar-refractivity contribution in [1.29, 1.82) is 5.26 Å². The zero-order valence-electron chi connectivity index (χ0n) is 19.7. The summed E-state index contributed by atoms with van der Waals surface area (Å²) in [7, 11) is -8.03. The van der Waals surface area contributed by atoms with Gasteiger partial charge in [0.15, 0.2) is 0 Å². The molecule has 3 aromatic carbocycles. The van der Waals surface area contributed by atoms with Gasteiger partial charge in [-0.25, -0.2) is 16.8 Å². The number of aryl methyl sites for hydroxylation is 2. The number of benzene rings is 3. The smallest absolute Gasteiger partial charge is 0.207 e. The van der Waals surface area contributed by atoms with Gasteiger partial charge in [0.1, 0.15) is 6.54 Å². The zero-order valence-corrected chi connectivity index (χ0v) is 21.3. The molecule has 0 aliphatic carbocycles. The zero-order chi connectivity index (χ0) is 26.3. The Morgan fingerprint density at radius 3 is 1.83 bits per heavy atom. The number of hydrogen-bond acceptors (Lipinski definition) is 5. The lowest BCUT2D eigenvalue weighted by Crippen LogP contribution is -2.32. The molecule has 0 spiro atoms. The number of nitrogens with zero attached hydrogens (tertiary/aromatic N) is 3. The fraction of sp³-hybridized carbons (Fsp3) is 0.148. The molecule has 0 fully saturated rings. The maximum atomic E-state index is 13.2. The number of para-hydroxylation sites is 1. The Kier molecular flexibility index (Phi) is 8.19. The van der Waals surface area contributed by atoms with Gasteiger partial charge in [-0.05, 0) is 50.2 Å². The van der Waals surface area contributed by atoms with Crippen molar-refractivity contribution in [3.8, 4) is 30.4 Å². The van der Waals surface area contributed by atoms with Gasteiger partial charge >= 0.3 is 0 Å². The summed E-state index contributed by atoms with van der Waals surface area (Å²) in [6, 6.07) is 23.0. The maximum Gasteiger partial charge on any atom is 0.275 e. The van der Waals surface area contributed by atoms with E-state index in [-0.39, 0.29) is 27.6 Å². The molecular formula is C27H23N3O4S2. The second-order valence-electron chi connectivity index (χ2n) is 7.77. The summed E-state index contributed by atoms with van der Waals surface area (Å²) >= 11 is 0. The van der Waals surface area contributed by atoms with E-state index in [2.05, 4.69) is 17.9 Å². The van der Waals surface area contributed by atoms with Crippen LogP contribution in [0, 0.1) is 49.5 Å². The summed E-state index contributed by atoms with van der Waals surface area (Å²) in [6.45, 7) is 3.00. The lowest BCUT2D eigenvalue weighted by molar-refractivity contribution is 0.481. The van der Waals surface area contributed by atoms with Crippen molar-refractivity contribution >= 4 is 25.7 Å². The highest BCUT2D eigenvalue weighted by molar-refractivity contribution is 7.93. The number of terminal acetylenes is 1. The Morgan fingerprint density at radius 2 is 1.31 bits per heavy atom. The van der Waals surface area contributed by atoms with Crippen LogP contribution in [0.5, 0.6) is 0 Å². The topological polar surface area (TPSA) is 98.5 Å². The molecule has 0 bridgehead atoms. The monoisotopic (exact) mass is 517 g/mol. The third-order valence-corrected chi connectivity index (χ3v) is 8.64. The minimum atomic E-state index is -4.08.